The first-order valence-electron chi connectivity index (χ1n) is 8.73. The molecule has 2 aromatic carbocycles. The predicted octanol–water partition coefficient (Wildman–Crippen LogP) is 6.42. The largest absolute Gasteiger partial charge is 0.507 e. The normalized spacial score (nSPS) is 11.3. The molecule has 33 heavy (non-hydrogen) atoms. The SMILES string of the molecule is O=C(O)c1cc(-c2c3cc(Br)c(=O)c(Br)c-3oc3c(Br)c(O)c(Br)cc23)c(C(=O)O)cc1O. The molecule has 4 N–H and O–H groups in total. The van der Waals surface area contributed by atoms with Gasteiger partial charge in [-0.1, -0.05) is 0 Å². The zero-order valence-corrected chi connectivity index (χ0v) is 22.1. The third-order valence-corrected chi connectivity index (χ3v) is 7.54. The number of phenolic OH excluding ortho intramolecular Hbond substituents is 1. The van der Waals surface area contributed by atoms with Crippen LogP contribution in [0, 0.1) is 0 Å². The van der Waals surface area contributed by atoms with Gasteiger partial charge in [-0.05, 0) is 93.5 Å². The quantitative estimate of drug-likeness (QED) is 0.179. The number of phenols is 2. The number of carboxylic acid groups (broad SMARTS) is 2. The fourth-order valence-corrected chi connectivity index (χ4v) is 5.83. The highest BCUT2D eigenvalue weighted by molar-refractivity contribution is 9.11. The Hall–Kier alpha value is -2.41. The lowest BCUT2D eigenvalue weighted by molar-refractivity contribution is 0.0678. The van der Waals surface area contributed by atoms with Crippen LogP contribution in [0.1, 0.15) is 20.7 Å². The molecule has 168 valence electrons. The van der Waals surface area contributed by atoms with Gasteiger partial charge in [0.1, 0.15) is 26.0 Å². The average molecular weight is 708 g/mol. The zero-order valence-electron chi connectivity index (χ0n) is 15.7. The lowest BCUT2D eigenvalue weighted by Crippen LogP contribution is -2.09. The molecule has 0 radical (unpaired) electrons. The van der Waals surface area contributed by atoms with Crippen molar-refractivity contribution in [2.45, 2.75) is 0 Å². The van der Waals surface area contributed by atoms with Crippen molar-refractivity contribution < 1.29 is 34.4 Å². The number of rotatable bonds is 3. The minimum absolute atomic E-state index is 0.0263. The monoisotopic (exact) mass is 704 g/mol. The number of fused-ring (bicyclic) bond motifs is 2. The summed E-state index contributed by atoms with van der Waals surface area (Å²) in [5.41, 5.74) is -0.849. The summed E-state index contributed by atoms with van der Waals surface area (Å²) in [6, 6.07) is 4.78. The molecule has 0 saturated heterocycles. The molecule has 1 heterocycles. The van der Waals surface area contributed by atoms with E-state index >= 15 is 0 Å². The van der Waals surface area contributed by atoms with E-state index in [1.165, 1.54) is 12.1 Å². The second-order valence-electron chi connectivity index (χ2n) is 6.78. The summed E-state index contributed by atoms with van der Waals surface area (Å²) < 4.78 is 6.46. The molecule has 12 heteroatoms. The molecule has 0 fully saturated rings. The fourth-order valence-electron chi connectivity index (χ4n) is 3.43. The van der Waals surface area contributed by atoms with Gasteiger partial charge in [0.25, 0.3) is 0 Å². The van der Waals surface area contributed by atoms with Gasteiger partial charge in [0.15, 0.2) is 11.3 Å². The van der Waals surface area contributed by atoms with Gasteiger partial charge < -0.3 is 24.8 Å². The van der Waals surface area contributed by atoms with Crippen molar-refractivity contribution in [2.24, 2.45) is 0 Å². The summed E-state index contributed by atoms with van der Waals surface area (Å²) in [7, 11) is 0. The first-order chi connectivity index (χ1) is 15.4. The van der Waals surface area contributed by atoms with E-state index in [1.54, 1.807) is 0 Å². The van der Waals surface area contributed by atoms with Crippen molar-refractivity contribution in [3.63, 3.8) is 0 Å². The number of aromatic carboxylic acids is 2. The number of carbonyl (C=O) groups is 2. The number of aromatic hydroxyl groups is 2. The van der Waals surface area contributed by atoms with Crippen LogP contribution in [0.25, 0.3) is 33.4 Å². The van der Waals surface area contributed by atoms with Gasteiger partial charge in [-0.15, -0.1) is 0 Å². The number of carboxylic acids is 2. The highest BCUT2D eigenvalue weighted by Gasteiger charge is 2.29. The van der Waals surface area contributed by atoms with Crippen molar-refractivity contribution in [3.05, 3.63) is 63.5 Å². The molecule has 0 amide bonds. The van der Waals surface area contributed by atoms with Crippen LogP contribution in [0.4, 0.5) is 0 Å². The van der Waals surface area contributed by atoms with Gasteiger partial charge in [0, 0.05) is 16.5 Å². The average Bonchev–Trinajstić information content (AvgIpc) is 2.75. The topological polar surface area (TPSA) is 145 Å². The molecule has 1 aliphatic carbocycles. The van der Waals surface area contributed by atoms with Gasteiger partial charge in [0.05, 0.1) is 14.5 Å². The molecule has 2 aliphatic rings. The van der Waals surface area contributed by atoms with Crippen molar-refractivity contribution >= 4 is 86.6 Å². The van der Waals surface area contributed by atoms with Crippen LogP contribution >= 0.6 is 63.7 Å². The van der Waals surface area contributed by atoms with E-state index in [0.717, 1.165) is 12.1 Å². The number of benzene rings is 3. The van der Waals surface area contributed by atoms with Crippen molar-refractivity contribution in [3.8, 4) is 33.9 Å². The third-order valence-electron chi connectivity index (χ3n) is 4.89. The van der Waals surface area contributed by atoms with Crippen LogP contribution in [0.15, 0.2) is 51.4 Å². The highest BCUT2D eigenvalue weighted by Crippen LogP contribution is 2.49. The van der Waals surface area contributed by atoms with E-state index in [0.29, 0.717) is 5.39 Å². The summed E-state index contributed by atoms with van der Waals surface area (Å²) in [6.45, 7) is 0. The Balaban J connectivity index is 2.36. The van der Waals surface area contributed by atoms with E-state index in [9.17, 15) is 34.8 Å². The second kappa shape index (κ2) is 8.42. The summed E-state index contributed by atoms with van der Waals surface area (Å²) in [5, 5.41) is 40.1. The molecule has 1 aliphatic heterocycles. The maximum Gasteiger partial charge on any atom is 0.339 e. The molecular weight excluding hydrogens is 700 g/mol. The van der Waals surface area contributed by atoms with E-state index < -0.39 is 28.7 Å². The van der Waals surface area contributed by atoms with E-state index in [4.69, 9.17) is 4.42 Å². The van der Waals surface area contributed by atoms with Gasteiger partial charge >= 0.3 is 11.9 Å². The Morgan fingerprint density at radius 3 is 2.03 bits per heavy atom. The Kier molecular flexibility index (Phi) is 6.06. The minimum Gasteiger partial charge on any atom is -0.507 e. The Morgan fingerprint density at radius 2 is 1.42 bits per heavy atom. The van der Waals surface area contributed by atoms with Crippen molar-refractivity contribution in [2.75, 3.05) is 0 Å². The van der Waals surface area contributed by atoms with Crippen molar-refractivity contribution in [1.82, 2.24) is 0 Å². The Bertz CT molecular complexity index is 1560. The summed E-state index contributed by atoms with van der Waals surface area (Å²) in [6.07, 6.45) is 0. The van der Waals surface area contributed by atoms with Crippen LogP contribution in [-0.2, 0) is 0 Å². The van der Waals surface area contributed by atoms with Crippen molar-refractivity contribution in [1.29, 1.82) is 0 Å². The van der Waals surface area contributed by atoms with Crippen LogP contribution in [0.2, 0.25) is 0 Å². The van der Waals surface area contributed by atoms with Gasteiger partial charge in [0.2, 0.25) is 5.43 Å². The first-order valence-corrected chi connectivity index (χ1v) is 11.9. The van der Waals surface area contributed by atoms with Gasteiger partial charge in [-0.2, -0.15) is 0 Å². The third kappa shape index (κ3) is 3.74. The standard InChI is InChI=1S/C21H8Br4O8/c22-10-2-8-13(5-1-7(21(31)32)12(26)4-6(5)20(29)30)9-3-11(23)17(28)15(25)19(9)33-18(8)14(24)16(10)27/h1-4,26-27H,(H,29,30)(H,31,32). The Morgan fingerprint density at radius 1 is 0.788 bits per heavy atom. The molecule has 2 aromatic rings. The van der Waals surface area contributed by atoms with Gasteiger partial charge in [-0.25, -0.2) is 9.59 Å². The smallest absolute Gasteiger partial charge is 0.339 e. The molecule has 0 atom stereocenters. The molecule has 8 nitrogen and oxygen atoms in total. The van der Waals surface area contributed by atoms with Crippen LogP contribution in [0.5, 0.6) is 11.5 Å². The molecule has 0 unspecified atom stereocenters. The van der Waals surface area contributed by atoms with E-state index in [2.05, 4.69) is 63.7 Å². The number of halogens is 4. The maximum absolute atomic E-state index is 12.5. The molecule has 4 rings (SSSR count). The Labute approximate surface area is 217 Å². The minimum atomic E-state index is -1.47. The molecule has 0 spiro atoms. The van der Waals surface area contributed by atoms with Crippen LogP contribution < -0.4 is 5.43 Å². The molecular formula is C21H8Br4O8. The lowest BCUT2D eigenvalue weighted by atomic mass is 9.89. The summed E-state index contributed by atoms with van der Waals surface area (Å²) in [5.74, 6) is -3.78. The van der Waals surface area contributed by atoms with E-state index in [1.807, 2.05) is 0 Å². The van der Waals surface area contributed by atoms with E-state index in [-0.39, 0.29) is 57.2 Å². The molecule has 0 aromatic heterocycles. The summed E-state index contributed by atoms with van der Waals surface area (Å²) in [4.78, 5) is 36.3. The highest BCUT2D eigenvalue weighted by atomic mass is 79.9. The fraction of sp³-hybridized carbons (Fsp3) is 0. The summed E-state index contributed by atoms with van der Waals surface area (Å²) >= 11 is 12.9. The first kappa shape index (κ1) is 23.7. The number of hydrogen-bond donors (Lipinski definition) is 4. The van der Waals surface area contributed by atoms with Crippen LogP contribution in [0.3, 0.4) is 0 Å². The predicted molar refractivity (Wildman–Crippen MR) is 133 cm³/mol. The van der Waals surface area contributed by atoms with Gasteiger partial charge in [-0.3, -0.25) is 4.79 Å². The zero-order chi connectivity index (χ0) is 24.4. The maximum atomic E-state index is 12.5. The lowest BCUT2D eigenvalue weighted by Gasteiger charge is -2.20. The van der Waals surface area contributed by atoms with Crippen LogP contribution in [-0.4, -0.2) is 32.4 Å². The second-order valence-corrected chi connectivity index (χ2v) is 10.1. The molecule has 0 bridgehead atoms. The molecule has 0 saturated carbocycles. The number of hydrogen-bond acceptors (Lipinski definition) is 6.